The van der Waals surface area contributed by atoms with E-state index in [-0.39, 0.29) is 23.8 Å². The Morgan fingerprint density at radius 3 is 2.62 bits per heavy atom. The number of benzene rings is 1. The number of nitrogens with one attached hydrogen (secondary N) is 1. The van der Waals surface area contributed by atoms with E-state index in [0.717, 1.165) is 23.9 Å². The standard InChI is InChI=1S/C21H16Br3N3O3S2/c1-10-11(2)32-19-17(10)20(29)27(8-13-4-3-5-30-13)21(26-19)31-9-16(28)25-18-14(23)6-12(22)7-15(18)24/h3-7H,8-9H2,1-2H3,(H,25,28). The van der Waals surface area contributed by atoms with Crippen molar-refractivity contribution in [3.63, 3.8) is 0 Å². The highest BCUT2D eigenvalue weighted by Crippen LogP contribution is 2.35. The van der Waals surface area contributed by atoms with Gasteiger partial charge in [-0.3, -0.25) is 14.2 Å². The van der Waals surface area contributed by atoms with Crippen molar-refractivity contribution >= 4 is 92.7 Å². The summed E-state index contributed by atoms with van der Waals surface area (Å²) in [6.07, 6.45) is 1.57. The van der Waals surface area contributed by atoms with E-state index < -0.39 is 0 Å². The van der Waals surface area contributed by atoms with Crippen molar-refractivity contribution in [1.82, 2.24) is 9.55 Å². The maximum atomic E-state index is 13.3. The van der Waals surface area contributed by atoms with Crippen LogP contribution < -0.4 is 10.9 Å². The van der Waals surface area contributed by atoms with Crippen LogP contribution in [0.1, 0.15) is 16.2 Å². The molecule has 0 atom stereocenters. The average Bonchev–Trinajstić information content (AvgIpc) is 3.33. The number of rotatable bonds is 6. The molecule has 0 unspecified atom stereocenters. The molecule has 166 valence electrons. The fourth-order valence-corrected chi connectivity index (χ4v) is 7.41. The van der Waals surface area contributed by atoms with Crippen molar-refractivity contribution in [3.05, 3.63) is 70.5 Å². The van der Waals surface area contributed by atoms with Crippen molar-refractivity contribution in [2.45, 2.75) is 25.5 Å². The quantitative estimate of drug-likeness (QED) is 0.183. The number of nitrogens with zero attached hydrogens (tertiary/aromatic N) is 2. The number of furan rings is 1. The monoisotopic (exact) mass is 659 g/mol. The number of halogens is 3. The Bertz CT molecular complexity index is 1360. The molecule has 0 radical (unpaired) electrons. The molecule has 1 aromatic carbocycles. The molecule has 1 N–H and O–H groups in total. The third-order valence-electron chi connectivity index (χ3n) is 4.75. The summed E-state index contributed by atoms with van der Waals surface area (Å²) >= 11 is 13.1. The Hall–Kier alpha value is -1.40. The fourth-order valence-electron chi connectivity index (χ4n) is 3.08. The van der Waals surface area contributed by atoms with Gasteiger partial charge in [0.15, 0.2) is 5.16 Å². The number of aromatic nitrogens is 2. The van der Waals surface area contributed by atoms with Crippen molar-refractivity contribution in [2.24, 2.45) is 0 Å². The van der Waals surface area contributed by atoms with Crippen LogP contribution in [0.15, 0.2) is 58.3 Å². The van der Waals surface area contributed by atoms with Gasteiger partial charge in [-0.25, -0.2) is 4.98 Å². The van der Waals surface area contributed by atoms with Crippen molar-refractivity contribution in [3.8, 4) is 0 Å². The minimum absolute atomic E-state index is 0.0917. The van der Waals surface area contributed by atoms with Gasteiger partial charge in [0.2, 0.25) is 5.91 Å². The predicted molar refractivity (Wildman–Crippen MR) is 140 cm³/mol. The number of carbonyl (C=O) groups is 1. The van der Waals surface area contributed by atoms with Crippen LogP contribution in [0.25, 0.3) is 10.2 Å². The van der Waals surface area contributed by atoms with Crippen LogP contribution in [-0.2, 0) is 11.3 Å². The first-order valence-corrected chi connectivity index (χ1v) is 13.5. The Labute approximate surface area is 217 Å². The summed E-state index contributed by atoms with van der Waals surface area (Å²) in [5.41, 5.74) is 1.45. The maximum absolute atomic E-state index is 13.3. The lowest BCUT2D eigenvalue weighted by Crippen LogP contribution is -2.24. The van der Waals surface area contributed by atoms with Gasteiger partial charge in [-0.05, 0) is 75.5 Å². The summed E-state index contributed by atoms with van der Waals surface area (Å²) in [7, 11) is 0. The molecule has 6 nitrogen and oxygen atoms in total. The molecule has 0 aliphatic carbocycles. The average molecular weight is 662 g/mol. The van der Waals surface area contributed by atoms with Crippen molar-refractivity contribution in [2.75, 3.05) is 11.1 Å². The number of carbonyl (C=O) groups excluding carboxylic acids is 1. The topological polar surface area (TPSA) is 77.1 Å². The summed E-state index contributed by atoms with van der Waals surface area (Å²) in [5, 5.41) is 4.00. The van der Waals surface area contributed by atoms with Crippen molar-refractivity contribution < 1.29 is 9.21 Å². The van der Waals surface area contributed by atoms with E-state index in [4.69, 9.17) is 9.40 Å². The number of hydrogen-bond acceptors (Lipinski definition) is 6. The van der Waals surface area contributed by atoms with Gasteiger partial charge in [0.1, 0.15) is 10.6 Å². The first-order chi connectivity index (χ1) is 15.2. The molecule has 0 aliphatic heterocycles. The number of thioether (sulfide) groups is 1. The van der Waals surface area contributed by atoms with Gasteiger partial charge < -0.3 is 9.73 Å². The summed E-state index contributed by atoms with van der Waals surface area (Å²) in [5.74, 6) is 0.525. The van der Waals surface area contributed by atoms with Crippen molar-refractivity contribution in [1.29, 1.82) is 0 Å². The molecule has 4 rings (SSSR count). The highest BCUT2D eigenvalue weighted by Gasteiger charge is 2.19. The number of anilines is 1. The highest BCUT2D eigenvalue weighted by atomic mass is 79.9. The third-order valence-corrected chi connectivity index (χ3v) is 8.54. The van der Waals surface area contributed by atoms with Crippen LogP contribution in [0.3, 0.4) is 0 Å². The molecule has 11 heteroatoms. The van der Waals surface area contributed by atoms with E-state index in [0.29, 0.717) is 26.8 Å². The van der Waals surface area contributed by atoms with Gasteiger partial charge in [-0.1, -0.05) is 27.7 Å². The minimum atomic E-state index is -0.212. The third kappa shape index (κ3) is 4.91. The van der Waals surface area contributed by atoms with Gasteiger partial charge in [-0.15, -0.1) is 11.3 Å². The molecule has 0 saturated carbocycles. The molecular weight excluding hydrogens is 646 g/mol. The van der Waals surface area contributed by atoms with E-state index in [2.05, 4.69) is 53.1 Å². The van der Waals surface area contributed by atoms with E-state index in [1.54, 1.807) is 16.9 Å². The maximum Gasteiger partial charge on any atom is 0.263 e. The summed E-state index contributed by atoms with van der Waals surface area (Å²) in [4.78, 5) is 32.5. The van der Waals surface area contributed by atoms with E-state index in [9.17, 15) is 9.59 Å². The van der Waals surface area contributed by atoms with E-state index in [1.165, 1.54) is 23.1 Å². The summed E-state index contributed by atoms with van der Waals surface area (Å²) in [6.45, 7) is 4.16. The Morgan fingerprint density at radius 2 is 1.97 bits per heavy atom. The zero-order chi connectivity index (χ0) is 23.0. The molecule has 0 aliphatic rings. The number of amides is 1. The lowest BCUT2D eigenvalue weighted by atomic mass is 10.2. The Morgan fingerprint density at radius 1 is 1.25 bits per heavy atom. The van der Waals surface area contributed by atoms with Gasteiger partial charge in [-0.2, -0.15) is 0 Å². The zero-order valence-corrected chi connectivity index (χ0v) is 23.3. The second-order valence-electron chi connectivity index (χ2n) is 6.91. The molecule has 0 spiro atoms. The lowest BCUT2D eigenvalue weighted by Gasteiger charge is -2.12. The number of hydrogen-bond donors (Lipinski definition) is 1. The SMILES string of the molecule is Cc1sc2nc(SCC(=O)Nc3c(Br)cc(Br)cc3Br)n(Cc3ccco3)c(=O)c2c1C. The summed E-state index contributed by atoms with van der Waals surface area (Å²) in [6, 6.07) is 7.30. The Kier molecular flexibility index (Phi) is 7.30. The second-order valence-corrected chi connectivity index (χ2v) is 11.7. The number of aryl methyl sites for hydroxylation is 2. The minimum Gasteiger partial charge on any atom is -0.467 e. The fraction of sp³-hybridized carbons (Fsp3) is 0.190. The van der Waals surface area contributed by atoms with Gasteiger partial charge in [0.25, 0.3) is 5.56 Å². The van der Waals surface area contributed by atoms with E-state index >= 15 is 0 Å². The number of fused-ring (bicyclic) bond motifs is 1. The van der Waals surface area contributed by atoms with Crippen LogP contribution in [0.2, 0.25) is 0 Å². The van der Waals surface area contributed by atoms with E-state index in [1.807, 2.05) is 32.0 Å². The molecule has 0 bridgehead atoms. The van der Waals surface area contributed by atoms with Gasteiger partial charge in [0.05, 0.1) is 29.6 Å². The largest absolute Gasteiger partial charge is 0.467 e. The molecule has 4 aromatic rings. The smallest absolute Gasteiger partial charge is 0.263 e. The van der Waals surface area contributed by atoms with Crippen LogP contribution in [0, 0.1) is 13.8 Å². The molecule has 32 heavy (non-hydrogen) atoms. The van der Waals surface area contributed by atoms with Gasteiger partial charge in [0, 0.05) is 18.3 Å². The highest BCUT2D eigenvalue weighted by molar-refractivity contribution is 9.11. The normalized spacial score (nSPS) is 11.3. The summed E-state index contributed by atoms with van der Waals surface area (Å²) < 4.78 is 9.39. The first-order valence-electron chi connectivity index (χ1n) is 9.34. The van der Waals surface area contributed by atoms with Crippen LogP contribution >= 0.6 is 70.9 Å². The van der Waals surface area contributed by atoms with Gasteiger partial charge >= 0.3 is 0 Å². The van der Waals surface area contributed by atoms with Crippen LogP contribution in [0.5, 0.6) is 0 Å². The predicted octanol–water partition coefficient (Wildman–Crippen LogP) is 6.73. The molecular formula is C21H16Br3N3O3S2. The number of thiophene rings is 1. The second kappa shape index (κ2) is 9.84. The molecule has 1 amide bonds. The Balaban J connectivity index is 1.63. The molecule has 0 fully saturated rings. The van der Waals surface area contributed by atoms with Crippen LogP contribution in [0.4, 0.5) is 5.69 Å². The molecule has 3 heterocycles. The first kappa shape index (κ1) is 23.7. The zero-order valence-electron chi connectivity index (χ0n) is 16.9. The molecule has 3 aromatic heterocycles. The lowest BCUT2D eigenvalue weighted by molar-refractivity contribution is -0.113. The molecule has 0 saturated heterocycles. The van der Waals surface area contributed by atoms with Crippen LogP contribution in [-0.4, -0.2) is 21.2 Å².